The lowest BCUT2D eigenvalue weighted by Gasteiger charge is -2.31. The van der Waals surface area contributed by atoms with Crippen LogP contribution in [0, 0.1) is 5.92 Å². The highest BCUT2D eigenvalue weighted by atomic mass is 16.5. The second-order valence-electron chi connectivity index (χ2n) is 6.20. The Bertz CT molecular complexity index is 620. The van der Waals surface area contributed by atoms with Gasteiger partial charge in [-0.1, -0.05) is 6.07 Å². The topological polar surface area (TPSA) is 93.9 Å². The molecule has 2 rings (SSSR count). The van der Waals surface area contributed by atoms with Crippen LogP contribution < -0.4 is 20.5 Å². The van der Waals surface area contributed by atoms with Crippen LogP contribution in [0.2, 0.25) is 0 Å². The van der Waals surface area contributed by atoms with E-state index in [1.54, 1.807) is 7.11 Å². The fraction of sp³-hybridized carbons (Fsp3) is 0.556. The second kappa shape index (κ2) is 8.60. The van der Waals surface area contributed by atoms with E-state index in [1.807, 2.05) is 32.0 Å². The van der Waals surface area contributed by atoms with Gasteiger partial charge in [0.1, 0.15) is 0 Å². The van der Waals surface area contributed by atoms with Crippen LogP contribution in [0.15, 0.2) is 18.2 Å². The summed E-state index contributed by atoms with van der Waals surface area (Å²) in [5.41, 5.74) is 6.25. The van der Waals surface area contributed by atoms with Crippen molar-refractivity contribution in [3.05, 3.63) is 23.8 Å². The van der Waals surface area contributed by atoms with E-state index in [-0.39, 0.29) is 17.9 Å². The molecule has 1 saturated heterocycles. The Balaban J connectivity index is 2.02. The van der Waals surface area contributed by atoms with E-state index in [0.717, 1.165) is 18.4 Å². The summed E-state index contributed by atoms with van der Waals surface area (Å²) >= 11 is 0. The lowest BCUT2D eigenvalue weighted by molar-refractivity contribution is -0.126. The lowest BCUT2D eigenvalue weighted by atomic mass is 9.96. The fourth-order valence-corrected chi connectivity index (χ4v) is 3.03. The van der Waals surface area contributed by atoms with E-state index < -0.39 is 6.03 Å². The zero-order valence-electron chi connectivity index (χ0n) is 15.1. The molecule has 3 N–H and O–H groups in total. The fourth-order valence-electron chi connectivity index (χ4n) is 3.03. The Labute approximate surface area is 148 Å². The summed E-state index contributed by atoms with van der Waals surface area (Å²) in [6, 6.07) is 4.97. The average molecular weight is 349 g/mol. The summed E-state index contributed by atoms with van der Waals surface area (Å²) in [5.74, 6) is 1.02. The number of rotatable bonds is 6. The maximum absolute atomic E-state index is 12.5. The van der Waals surface area contributed by atoms with E-state index >= 15 is 0 Å². The number of methoxy groups -OCH3 is 1. The first kappa shape index (κ1) is 18.9. The smallest absolute Gasteiger partial charge is 0.314 e. The predicted molar refractivity (Wildman–Crippen MR) is 94.6 cm³/mol. The van der Waals surface area contributed by atoms with E-state index in [0.29, 0.717) is 31.2 Å². The molecular formula is C18H27N3O4. The second-order valence-corrected chi connectivity index (χ2v) is 6.20. The molecule has 1 fully saturated rings. The zero-order valence-corrected chi connectivity index (χ0v) is 15.1. The quantitative estimate of drug-likeness (QED) is 0.822. The predicted octanol–water partition coefficient (Wildman–Crippen LogP) is 2.06. The molecular weight excluding hydrogens is 322 g/mol. The highest BCUT2D eigenvalue weighted by molar-refractivity contribution is 5.80. The van der Waals surface area contributed by atoms with Crippen molar-refractivity contribution < 1.29 is 19.1 Å². The van der Waals surface area contributed by atoms with Crippen molar-refractivity contribution in [3.63, 3.8) is 0 Å². The summed E-state index contributed by atoms with van der Waals surface area (Å²) in [6.45, 7) is 5.38. The van der Waals surface area contributed by atoms with Crippen LogP contribution in [0.4, 0.5) is 4.79 Å². The van der Waals surface area contributed by atoms with Gasteiger partial charge in [0, 0.05) is 13.1 Å². The Morgan fingerprint density at radius 2 is 2.16 bits per heavy atom. The molecule has 0 saturated carbocycles. The molecule has 7 nitrogen and oxygen atoms in total. The minimum Gasteiger partial charge on any atom is -0.493 e. The molecule has 25 heavy (non-hydrogen) atoms. The Morgan fingerprint density at radius 3 is 2.80 bits per heavy atom. The SMILES string of the molecule is CCOc1ccc([C@H](C)NC(=O)[C@@H]2CCCN(C(N)=O)C2)cc1OC. The monoisotopic (exact) mass is 349 g/mol. The summed E-state index contributed by atoms with van der Waals surface area (Å²) in [7, 11) is 1.59. The Morgan fingerprint density at radius 1 is 1.40 bits per heavy atom. The van der Waals surface area contributed by atoms with Crippen molar-refractivity contribution in [2.75, 3.05) is 26.8 Å². The molecule has 1 heterocycles. The van der Waals surface area contributed by atoms with Crippen molar-refractivity contribution >= 4 is 11.9 Å². The summed E-state index contributed by atoms with van der Waals surface area (Å²) in [6.07, 6.45) is 1.54. The number of piperidine rings is 1. The van der Waals surface area contributed by atoms with Gasteiger partial charge in [-0.25, -0.2) is 4.79 Å². The van der Waals surface area contributed by atoms with E-state index in [1.165, 1.54) is 4.90 Å². The molecule has 1 aliphatic rings. The minimum absolute atomic E-state index is 0.0636. The molecule has 3 amide bonds. The van der Waals surface area contributed by atoms with Crippen LogP contribution in [0.3, 0.4) is 0 Å². The first-order valence-electron chi connectivity index (χ1n) is 8.61. The van der Waals surface area contributed by atoms with Gasteiger partial charge in [-0.05, 0) is 44.4 Å². The van der Waals surface area contributed by atoms with Gasteiger partial charge in [0.15, 0.2) is 11.5 Å². The van der Waals surface area contributed by atoms with Crippen LogP contribution in [0.25, 0.3) is 0 Å². The molecule has 0 unspecified atom stereocenters. The van der Waals surface area contributed by atoms with E-state index in [2.05, 4.69) is 5.32 Å². The van der Waals surface area contributed by atoms with Crippen LogP contribution in [-0.2, 0) is 4.79 Å². The Hall–Kier alpha value is -2.44. The van der Waals surface area contributed by atoms with Crippen molar-refractivity contribution in [2.24, 2.45) is 11.7 Å². The van der Waals surface area contributed by atoms with Crippen LogP contribution >= 0.6 is 0 Å². The summed E-state index contributed by atoms with van der Waals surface area (Å²) < 4.78 is 10.9. The molecule has 7 heteroatoms. The third kappa shape index (κ3) is 4.78. The highest BCUT2D eigenvalue weighted by Gasteiger charge is 2.28. The number of likely N-dealkylation sites (tertiary alicyclic amines) is 1. The largest absolute Gasteiger partial charge is 0.493 e. The normalized spacial score (nSPS) is 18.4. The van der Waals surface area contributed by atoms with Crippen LogP contribution in [0.5, 0.6) is 11.5 Å². The van der Waals surface area contributed by atoms with E-state index in [9.17, 15) is 9.59 Å². The highest BCUT2D eigenvalue weighted by Crippen LogP contribution is 2.30. The number of carbonyl (C=O) groups excluding carboxylic acids is 2. The third-order valence-corrected chi connectivity index (χ3v) is 4.45. The van der Waals surface area contributed by atoms with Crippen molar-refractivity contribution in [3.8, 4) is 11.5 Å². The number of nitrogens with two attached hydrogens (primary N) is 1. The van der Waals surface area contributed by atoms with Gasteiger partial charge in [0.05, 0.1) is 25.7 Å². The molecule has 0 radical (unpaired) electrons. The maximum Gasteiger partial charge on any atom is 0.314 e. The van der Waals surface area contributed by atoms with Crippen molar-refractivity contribution in [1.82, 2.24) is 10.2 Å². The molecule has 0 spiro atoms. The summed E-state index contributed by atoms with van der Waals surface area (Å²) in [5, 5.41) is 3.01. The molecule has 138 valence electrons. The van der Waals surface area contributed by atoms with Crippen molar-refractivity contribution in [2.45, 2.75) is 32.7 Å². The summed E-state index contributed by atoms with van der Waals surface area (Å²) in [4.78, 5) is 25.4. The minimum atomic E-state index is -0.471. The number of nitrogens with one attached hydrogen (secondary N) is 1. The molecule has 1 aliphatic heterocycles. The Kier molecular flexibility index (Phi) is 6.50. The van der Waals surface area contributed by atoms with Gasteiger partial charge < -0.3 is 25.4 Å². The van der Waals surface area contributed by atoms with Gasteiger partial charge in [0.25, 0.3) is 0 Å². The number of hydrogen-bond donors (Lipinski definition) is 2. The molecule has 1 aromatic rings. The molecule has 0 aliphatic carbocycles. The maximum atomic E-state index is 12.5. The van der Waals surface area contributed by atoms with Gasteiger partial charge in [-0.2, -0.15) is 0 Å². The molecule has 0 aromatic heterocycles. The lowest BCUT2D eigenvalue weighted by Crippen LogP contribution is -2.47. The van der Waals surface area contributed by atoms with E-state index in [4.69, 9.17) is 15.2 Å². The number of benzene rings is 1. The number of amides is 3. The first-order valence-corrected chi connectivity index (χ1v) is 8.61. The van der Waals surface area contributed by atoms with Crippen LogP contribution in [-0.4, -0.2) is 43.6 Å². The molecule has 0 bridgehead atoms. The molecule has 1 aromatic carbocycles. The number of ether oxygens (including phenoxy) is 2. The number of primary amides is 1. The first-order chi connectivity index (χ1) is 12.0. The number of hydrogen-bond acceptors (Lipinski definition) is 4. The number of nitrogens with zero attached hydrogens (tertiary/aromatic N) is 1. The zero-order chi connectivity index (χ0) is 18.4. The van der Waals surface area contributed by atoms with Gasteiger partial charge in [0.2, 0.25) is 5.91 Å². The van der Waals surface area contributed by atoms with Crippen molar-refractivity contribution in [1.29, 1.82) is 0 Å². The number of urea groups is 1. The number of carbonyl (C=O) groups is 2. The molecule has 2 atom stereocenters. The van der Waals surface area contributed by atoms with Gasteiger partial charge >= 0.3 is 6.03 Å². The standard InChI is InChI=1S/C18H27N3O4/c1-4-25-15-8-7-13(10-16(15)24-3)12(2)20-17(22)14-6-5-9-21(11-14)18(19)23/h7-8,10,12,14H,4-6,9,11H2,1-3H3,(H2,19,23)(H,20,22)/t12-,14+/m0/s1. The van der Waals surface area contributed by atoms with Gasteiger partial charge in [-0.3, -0.25) is 4.79 Å². The van der Waals surface area contributed by atoms with Gasteiger partial charge in [-0.15, -0.1) is 0 Å². The third-order valence-electron chi connectivity index (χ3n) is 4.45. The average Bonchev–Trinajstić information content (AvgIpc) is 2.62. The van der Waals surface area contributed by atoms with Crippen LogP contribution in [0.1, 0.15) is 38.3 Å².